The summed E-state index contributed by atoms with van der Waals surface area (Å²) < 4.78 is 7.83. The third-order valence-electron chi connectivity index (χ3n) is 2.02. The SMILES string of the molecule is Cc1ncn(CCOC(C)(C)C)c(=O)c1I. The normalized spacial score (nSPS) is 11.8. The van der Waals surface area contributed by atoms with Gasteiger partial charge in [-0.3, -0.25) is 9.36 Å². The summed E-state index contributed by atoms with van der Waals surface area (Å²) in [4.78, 5) is 16.0. The van der Waals surface area contributed by atoms with Gasteiger partial charge in [0.15, 0.2) is 0 Å². The van der Waals surface area contributed by atoms with Crippen LogP contribution in [0, 0.1) is 10.5 Å². The quantitative estimate of drug-likeness (QED) is 0.793. The van der Waals surface area contributed by atoms with E-state index in [1.807, 2.05) is 50.3 Å². The van der Waals surface area contributed by atoms with Crippen molar-refractivity contribution >= 4 is 22.6 Å². The fourth-order valence-electron chi connectivity index (χ4n) is 1.16. The van der Waals surface area contributed by atoms with Gasteiger partial charge in [-0.25, -0.2) is 4.98 Å². The molecular formula is C11H17IN2O2. The minimum absolute atomic E-state index is 0.00519. The number of hydrogen-bond donors (Lipinski definition) is 0. The molecule has 0 spiro atoms. The van der Waals surface area contributed by atoms with Gasteiger partial charge in [-0.2, -0.15) is 0 Å². The van der Waals surface area contributed by atoms with E-state index in [2.05, 4.69) is 4.98 Å². The summed E-state index contributed by atoms with van der Waals surface area (Å²) in [6.07, 6.45) is 1.58. The summed E-state index contributed by atoms with van der Waals surface area (Å²) in [6, 6.07) is 0. The third-order valence-corrected chi connectivity index (χ3v) is 3.27. The Labute approximate surface area is 109 Å². The summed E-state index contributed by atoms with van der Waals surface area (Å²) in [5.41, 5.74) is 0.610. The number of halogens is 1. The average Bonchev–Trinajstić information content (AvgIpc) is 2.16. The Morgan fingerprint density at radius 3 is 2.69 bits per heavy atom. The number of rotatable bonds is 3. The van der Waals surface area contributed by atoms with E-state index in [0.717, 1.165) is 5.69 Å². The molecule has 0 bridgehead atoms. The fourth-order valence-corrected chi connectivity index (χ4v) is 1.60. The van der Waals surface area contributed by atoms with Crippen LogP contribution in [-0.4, -0.2) is 21.8 Å². The van der Waals surface area contributed by atoms with Gasteiger partial charge in [0, 0.05) is 0 Å². The van der Waals surface area contributed by atoms with E-state index in [1.54, 1.807) is 10.9 Å². The van der Waals surface area contributed by atoms with E-state index in [-0.39, 0.29) is 11.2 Å². The first-order chi connectivity index (χ1) is 7.31. The summed E-state index contributed by atoms with van der Waals surface area (Å²) >= 11 is 2.03. The number of nitrogens with zero attached hydrogens (tertiary/aromatic N) is 2. The molecule has 0 unspecified atom stereocenters. The molecule has 0 saturated heterocycles. The van der Waals surface area contributed by atoms with E-state index in [1.165, 1.54) is 0 Å². The van der Waals surface area contributed by atoms with E-state index in [0.29, 0.717) is 16.7 Å². The molecule has 0 saturated carbocycles. The van der Waals surface area contributed by atoms with Crippen LogP contribution in [0.1, 0.15) is 26.5 Å². The van der Waals surface area contributed by atoms with Crippen molar-refractivity contribution in [1.82, 2.24) is 9.55 Å². The number of ether oxygens (including phenoxy) is 1. The molecule has 1 rings (SSSR count). The Hall–Kier alpha value is -0.430. The Morgan fingerprint density at radius 2 is 2.12 bits per heavy atom. The molecule has 0 aliphatic rings. The molecule has 0 atom stereocenters. The van der Waals surface area contributed by atoms with Crippen molar-refractivity contribution in [2.24, 2.45) is 0 Å². The van der Waals surface area contributed by atoms with E-state index in [4.69, 9.17) is 4.74 Å². The fraction of sp³-hybridized carbons (Fsp3) is 0.636. The molecule has 0 amide bonds. The lowest BCUT2D eigenvalue weighted by atomic mass is 10.2. The highest BCUT2D eigenvalue weighted by atomic mass is 127. The van der Waals surface area contributed by atoms with Crippen LogP contribution in [0.2, 0.25) is 0 Å². The lowest BCUT2D eigenvalue weighted by molar-refractivity contribution is -0.00725. The van der Waals surface area contributed by atoms with Gasteiger partial charge in [0.2, 0.25) is 0 Å². The molecule has 4 nitrogen and oxygen atoms in total. The Kier molecular flexibility index (Phi) is 4.49. The second-order valence-electron chi connectivity index (χ2n) is 4.60. The molecule has 90 valence electrons. The Bertz CT molecular complexity index is 421. The maximum Gasteiger partial charge on any atom is 0.267 e. The van der Waals surface area contributed by atoms with Crippen molar-refractivity contribution in [1.29, 1.82) is 0 Å². The molecule has 1 heterocycles. The van der Waals surface area contributed by atoms with Crippen molar-refractivity contribution < 1.29 is 4.74 Å². The van der Waals surface area contributed by atoms with Crippen LogP contribution < -0.4 is 5.56 Å². The Morgan fingerprint density at radius 1 is 1.50 bits per heavy atom. The molecular weight excluding hydrogens is 319 g/mol. The highest BCUT2D eigenvalue weighted by Gasteiger charge is 2.10. The maximum absolute atomic E-state index is 11.8. The zero-order chi connectivity index (χ0) is 12.3. The van der Waals surface area contributed by atoms with Gasteiger partial charge in [-0.05, 0) is 50.3 Å². The van der Waals surface area contributed by atoms with Crippen LogP contribution in [0.5, 0.6) is 0 Å². The number of aromatic nitrogens is 2. The van der Waals surface area contributed by atoms with Crippen LogP contribution in [-0.2, 0) is 11.3 Å². The van der Waals surface area contributed by atoms with Crippen LogP contribution >= 0.6 is 22.6 Å². The van der Waals surface area contributed by atoms with Gasteiger partial charge < -0.3 is 4.74 Å². The summed E-state index contributed by atoms with van der Waals surface area (Å²) in [5, 5.41) is 0. The summed E-state index contributed by atoms with van der Waals surface area (Å²) in [5.74, 6) is 0. The summed E-state index contributed by atoms with van der Waals surface area (Å²) in [7, 11) is 0. The molecule has 0 aliphatic heterocycles. The van der Waals surface area contributed by atoms with Crippen LogP contribution in [0.4, 0.5) is 0 Å². The summed E-state index contributed by atoms with van der Waals surface area (Å²) in [6.45, 7) is 8.87. The molecule has 0 fully saturated rings. The smallest absolute Gasteiger partial charge is 0.267 e. The molecule has 0 N–H and O–H groups in total. The third kappa shape index (κ3) is 3.86. The van der Waals surface area contributed by atoms with Crippen molar-refractivity contribution in [2.45, 2.75) is 39.8 Å². The molecule has 0 aliphatic carbocycles. The van der Waals surface area contributed by atoms with Gasteiger partial charge in [0.05, 0.1) is 34.3 Å². The molecule has 1 aromatic rings. The predicted octanol–water partition coefficient (Wildman–Crippen LogP) is 1.97. The first kappa shape index (κ1) is 13.6. The first-order valence-corrected chi connectivity index (χ1v) is 6.24. The van der Waals surface area contributed by atoms with Gasteiger partial charge in [0.25, 0.3) is 5.56 Å². The first-order valence-electron chi connectivity index (χ1n) is 5.17. The van der Waals surface area contributed by atoms with Gasteiger partial charge >= 0.3 is 0 Å². The van der Waals surface area contributed by atoms with Crippen LogP contribution in [0.3, 0.4) is 0 Å². The second-order valence-corrected chi connectivity index (χ2v) is 5.68. The number of hydrogen-bond acceptors (Lipinski definition) is 3. The molecule has 16 heavy (non-hydrogen) atoms. The topological polar surface area (TPSA) is 44.1 Å². The van der Waals surface area contributed by atoms with Gasteiger partial charge in [0.1, 0.15) is 0 Å². The zero-order valence-electron chi connectivity index (χ0n) is 10.1. The monoisotopic (exact) mass is 336 g/mol. The largest absolute Gasteiger partial charge is 0.374 e. The van der Waals surface area contributed by atoms with Crippen LogP contribution in [0.15, 0.2) is 11.1 Å². The number of aryl methyl sites for hydroxylation is 1. The molecule has 0 radical (unpaired) electrons. The van der Waals surface area contributed by atoms with Crippen molar-refractivity contribution in [3.05, 3.63) is 25.9 Å². The standard InChI is InChI=1S/C11H17IN2O2/c1-8-9(12)10(15)14(7-13-8)5-6-16-11(2,3)4/h7H,5-6H2,1-4H3. The van der Waals surface area contributed by atoms with Gasteiger partial charge in [-0.1, -0.05) is 0 Å². The predicted molar refractivity (Wildman–Crippen MR) is 71.7 cm³/mol. The highest BCUT2D eigenvalue weighted by molar-refractivity contribution is 14.1. The second kappa shape index (κ2) is 5.27. The molecule has 1 aromatic heterocycles. The Balaban J connectivity index is 2.69. The van der Waals surface area contributed by atoms with Crippen molar-refractivity contribution in [2.75, 3.05) is 6.61 Å². The average molecular weight is 336 g/mol. The van der Waals surface area contributed by atoms with Crippen LogP contribution in [0.25, 0.3) is 0 Å². The van der Waals surface area contributed by atoms with E-state index < -0.39 is 0 Å². The highest BCUT2D eigenvalue weighted by Crippen LogP contribution is 2.06. The van der Waals surface area contributed by atoms with Crippen molar-refractivity contribution in [3.63, 3.8) is 0 Å². The molecule has 5 heteroatoms. The van der Waals surface area contributed by atoms with E-state index >= 15 is 0 Å². The van der Waals surface area contributed by atoms with Gasteiger partial charge in [-0.15, -0.1) is 0 Å². The minimum Gasteiger partial charge on any atom is -0.374 e. The van der Waals surface area contributed by atoms with E-state index in [9.17, 15) is 4.79 Å². The molecule has 0 aromatic carbocycles. The lowest BCUT2D eigenvalue weighted by Crippen LogP contribution is -2.28. The lowest BCUT2D eigenvalue weighted by Gasteiger charge is -2.19. The van der Waals surface area contributed by atoms with Crippen molar-refractivity contribution in [3.8, 4) is 0 Å². The maximum atomic E-state index is 11.8. The minimum atomic E-state index is -0.172. The zero-order valence-corrected chi connectivity index (χ0v) is 12.2.